The Morgan fingerprint density at radius 3 is 2.44 bits per heavy atom. The Bertz CT molecular complexity index is 1280. The number of carbonyl (C=O) groups is 1. The Labute approximate surface area is 225 Å². The lowest BCUT2D eigenvalue weighted by molar-refractivity contribution is -0.112. The SMILES string of the molecule is CCN(CC)c1ccc(NC(=O)/C(C#N)=C\c2cc(Br)c(OCc3ccccc3Cl)c(OC)c2)cc1. The number of halogens is 2. The van der Waals surface area contributed by atoms with Gasteiger partial charge in [0, 0.05) is 35.1 Å². The molecule has 3 aromatic rings. The van der Waals surface area contributed by atoms with Crippen LogP contribution in [0.15, 0.2) is 70.7 Å². The van der Waals surface area contributed by atoms with Crippen molar-refractivity contribution in [2.24, 2.45) is 0 Å². The van der Waals surface area contributed by atoms with Crippen LogP contribution in [0.4, 0.5) is 11.4 Å². The molecule has 0 fully saturated rings. The highest BCUT2D eigenvalue weighted by Gasteiger charge is 2.15. The minimum atomic E-state index is -0.498. The zero-order valence-electron chi connectivity index (χ0n) is 20.3. The van der Waals surface area contributed by atoms with Gasteiger partial charge in [-0.05, 0) is 83.9 Å². The molecule has 0 bridgehead atoms. The lowest BCUT2D eigenvalue weighted by Crippen LogP contribution is -2.21. The third-order valence-corrected chi connectivity index (χ3v) is 6.47. The summed E-state index contributed by atoms with van der Waals surface area (Å²) in [6.45, 7) is 6.23. The largest absolute Gasteiger partial charge is 0.493 e. The molecule has 1 N–H and O–H groups in total. The summed E-state index contributed by atoms with van der Waals surface area (Å²) in [6.07, 6.45) is 1.50. The molecule has 0 saturated heterocycles. The molecule has 0 aromatic heterocycles. The molecular weight excluding hydrogens is 542 g/mol. The molecule has 0 heterocycles. The topological polar surface area (TPSA) is 74.6 Å². The van der Waals surface area contributed by atoms with Crippen molar-refractivity contribution in [1.29, 1.82) is 5.26 Å². The molecule has 0 aliphatic carbocycles. The number of nitriles is 1. The smallest absolute Gasteiger partial charge is 0.266 e. The van der Waals surface area contributed by atoms with Gasteiger partial charge >= 0.3 is 0 Å². The Balaban J connectivity index is 1.77. The molecular formula is C28H27BrClN3O3. The Kier molecular flexibility index (Phi) is 9.80. The van der Waals surface area contributed by atoms with Crippen molar-refractivity contribution in [2.75, 3.05) is 30.4 Å². The second kappa shape index (κ2) is 13.0. The molecule has 0 aliphatic heterocycles. The van der Waals surface area contributed by atoms with E-state index >= 15 is 0 Å². The summed E-state index contributed by atoms with van der Waals surface area (Å²) in [4.78, 5) is 15.0. The standard InChI is InChI=1S/C28H27BrClN3O3/c1-4-33(5-2)23-12-10-22(11-13-23)32-28(34)21(17-31)14-19-15-24(29)27(26(16-19)35-3)36-18-20-8-6-7-9-25(20)30/h6-16H,4-5,18H2,1-3H3,(H,32,34)/b21-14-. The number of anilines is 2. The van der Waals surface area contributed by atoms with Crippen LogP contribution < -0.4 is 19.7 Å². The molecule has 8 heteroatoms. The van der Waals surface area contributed by atoms with Crippen LogP contribution in [0.2, 0.25) is 5.02 Å². The lowest BCUT2D eigenvalue weighted by Gasteiger charge is -2.21. The monoisotopic (exact) mass is 567 g/mol. The van der Waals surface area contributed by atoms with E-state index in [9.17, 15) is 10.1 Å². The molecule has 0 unspecified atom stereocenters. The molecule has 6 nitrogen and oxygen atoms in total. The molecule has 3 rings (SSSR count). The average molecular weight is 569 g/mol. The van der Waals surface area contributed by atoms with E-state index in [4.69, 9.17) is 21.1 Å². The van der Waals surface area contributed by atoms with Crippen LogP contribution in [0.3, 0.4) is 0 Å². The molecule has 3 aromatic carbocycles. The highest BCUT2D eigenvalue weighted by molar-refractivity contribution is 9.10. The molecule has 0 aliphatic rings. The van der Waals surface area contributed by atoms with Crippen LogP contribution in [0, 0.1) is 11.3 Å². The van der Waals surface area contributed by atoms with Crippen LogP contribution >= 0.6 is 27.5 Å². The first-order chi connectivity index (χ1) is 17.4. The van der Waals surface area contributed by atoms with Crippen LogP contribution in [0.1, 0.15) is 25.0 Å². The highest BCUT2D eigenvalue weighted by atomic mass is 79.9. The van der Waals surface area contributed by atoms with Crippen molar-refractivity contribution in [2.45, 2.75) is 20.5 Å². The van der Waals surface area contributed by atoms with Gasteiger partial charge in [0.25, 0.3) is 5.91 Å². The number of methoxy groups -OCH3 is 1. The summed E-state index contributed by atoms with van der Waals surface area (Å²) in [6, 6.07) is 20.4. The van der Waals surface area contributed by atoms with Crippen LogP contribution in [-0.4, -0.2) is 26.1 Å². The van der Waals surface area contributed by atoms with Crippen molar-refractivity contribution in [3.05, 3.63) is 86.9 Å². The number of rotatable bonds is 10. The Morgan fingerprint density at radius 1 is 1.14 bits per heavy atom. The molecule has 36 heavy (non-hydrogen) atoms. The number of carbonyl (C=O) groups excluding carboxylic acids is 1. The number of ether oxygens (including phenoxy) is 2. The molecule has 186 valence electrons. The number of nitrogens with zero attached hydrogens (tertiary/aromatic N) is 2. The quantitative estimate of drug-likeness (QED) is 0.209. The van der Waals surface area contributed by atoms with Gasteiger partial charge in [-0.1, -0.05) is 29.8 Å². The lowest BCUT2D eigenvalue weighted by atomic mass is 10.1. The minimum absolute atomic E-state index is 0.0403. The second-order valence-corrected chi connectivity index (χ2v) is 9.02. The summed E-state index contributed by atoms with van der Waals surface area (Å²) < 4.78 is 12.1. The summed E-state index contributed by atoms with van der Waals surface area (Å²) in [5.41, 5.74) is 3.08. The van der Waals surface area contributed by atoms with Gasteiger partial charge in [-0.25, -0.2) is 0 Å². The first kappa shape index (κ1) is 27.1. The van der Waals surface area contributed by atoms with Crippen LogP contribution in [0.25, 0.3) is 6.08 Å². The van der Waals surface area contributed by atoms with E-state index in [1.807, 2.05) is 48.5 Å². The minimum Gasteiger partial charge on any atom is -0.493 e. The van der Waals surface area contributed by atoms with Crippen molar-refractivity contribution in [3.63, 3.8) is 0 Å². The Morgan fingerprint density at radius 2 is 1.83 bits per heavy atom. The predicted octanol–water partition coefficient (Wildman–Crippen LogP) is 7.08. The van der Waals surface area contributed by atoms with E-state index in [0.29, 0.717) is 32.2 Å². The highest BCUT2D eigenvalue weighted by Crippen LogP contribution is 2.38. The summed E-state index contributed by atoms with van der Waals surface area (Å²) in [7, 11) is 1.53. The normalized spacial score (nSPS) is 10.9. The van der Waals surface area contributed by atoms with Crippen LogP contribution in [-0.2, 0) is 11.4 Å². The van der Waals surface area contributed by atoms with E-state index in [1.165, 1.54) is 13.2 Å². The number of amides is 1. The third-order valence-electron chi connectivity index (χ3n) is 5.51. The van der Waals surface area contributed by atoms with Crippen molar-refractivity contribution >= 4 is 50.9 Å². The van der Waals surface area contributed by atoms with Gasteiger partial charge in [0.15, 0.2) is 11.5 Å². The molecule has 0 radical (unpaired) electrons. The van der Waals surface area contributed by atoms with E-state index in [2.05, 4.69) is 40.0 Å². The number of hydrogen-bond donors (Lipinski definition) is 1. The van der Waals surface area contributed by atoms with E-state index in [0.717, 1.165) is 24.3 Å². The van der Waals surface area contributed by atoms with Gasteiger partial charge in [-0.15, -0.1) is 0 Å². The van der Waals surface area contributed by atoms with E-state index < -0.39 is 5.91 Å². The van der Waals surface area contributed by atoms with Crippen molar-refractivity contribution in [3.8, 4) is 17.6 Å². The number of hydrogen-bond acceptors (Lipinski definition) is 5. The fourth-order valence-corrected chi connectivity index (χ4v) is 4.35. The fourth-order valence-electron chi connectivity index (χ4n) is 3.59. The summed E-state index contributed by atoms with van der Waals surface area (Å²) >= 11 is 9.73. The summed E-state index contributed by atoms with van der Waals surface area (Å²) in [5.74, 6) is 0.445. The van der Waals surface area contributed by atoms with Gasteiger partial charge < -0.3 is 19.7 Å². The molecule has 0 atom stereocenters. The maximum atomic E-state index is 12.8. The van der Waals surface area contributed by atoms with Gasteiger partial charge in [0.05, 0.1) is 11.6 Å². The number of nitrogens with one attached hydrogen (secondary N) is 1. The molecule has 1 amide bonds. The molecule has 0 spiro atoms. The number of benzene rings is 3. The van der Waals surface area contributed by atoms with Crippen molar-refractivity contribution in [1.82, 2.24) is 0 Å². The van der Waals surface area contributed by atoms with E-state index in [1.54, 1.807) is 18.2 Å². The third kappa shape index (κ3) is 6.81. The zero-order chi connectivity index (χ0) is 26.1. The first-order valence-electron chi connectivity index (χ1n) is 11.4. The van der Waals surface area contributed by atoms with E-state index in [-0.39, 0.29) is 12.2 Å². The predicted molar refractivity (Wildman–Crippen MR) is 149 cm³/mol. The first-order valence-corrected chi connectivity index (χ1v) is 12.6. The van der Waals surface area contributed by atoms with Gasteiger partial charge in [-0.3, -0.25) is 4.79 Å². The zero-order valence-corrected chi connectivity index (χ0v) is 22.7. The van der Waals surface area contributed by atoms with Gasteiger partial charge in [0.2, 0.25) is 0 Å². The Hall–Kier alpha value is -3.47. The van der Waals surface area contributed by atoms with Gasteiger partial charge in [-0.2, -0.15) is 5.26 Å². The fraction of sp³-hybridized carbons (Fsp3) is 0.214. The average Bonchev–Trinajstić information content (AvgIpc) is 2.88. The van der Waals surface area contributed by atoms with Crippen LogP contribution in [0.5, 0.6) is 11.5 Å². The van der Waals surface area contributed by atoms with Crippen molar-refractivity contribution < 1.29 is 14.3 Å². The second-order valence-electron chi connectivity index (χ2n) is 7.76. The molecule has 0 saturated carbocycles. The van der Waals surface area contributed by atoms with Gasteiger partial charge in [0.1, 0.15) is 18.2 Å². The maximum absolute atomic E-state index is 12.8. The summed E-state index contributed by atoms with van der Waals surface area (Å²) in [5, 5.41) is 13.0. The maximum Gasteiger partial charge on any atom is 0.266 e.